The first-order valence-electron chi connectivity index (χ1n) is 10.3. The van der Waals surface area contributed by atoms with Crippen LogP contribution in [0, 0.1) is 11.6 Å². The summed E-state index contributed by atoms with van der Waals surface area (Å²) >= 11 is 0. The number of amides is 1. The number of hydrogen-bond donors (Lipinski definition) is 2. The summed E-state index contributed by atoms with van der Waals surface area (Å²) in [6.07, 6.45) is 3.32. The van der Waals surface area contributed by atoms with Crippen LogP contribution in [0.25, 0.3) is 5.57 Å². The van der Waals surface area contributed by atoms with E-state index in [1.807, 2.05) is 0 Å². The average molecular weight is 454 g/mol. The van der Waals surface area contributed by atoms with E-state index in [2.05, 4.69) is 15.4 Å². The third-order valence-electron chi connectivity index (χ3n) is 5.34. The van der Waals surface area contributed by atoms with E-state index >= 15 is 0 Å². The van der Waals surface area contributed by atoms with Crippen molar-refractivity contribution < 1.29 is 23.1 Å². The Labute approximate surface area is 188 Å². The highest BCUT2D eigenvalue weighted by molar-refractivity contribution is 6.19. The van der Waals surface area contributed by atoms with Gasteiger partial charge in [-0.3, -0.25) is 14.5 Å². The number of nitrogens with zero attached hydrogens (tertiary/aromatic N) is 3. The zero-order valence-electron chi connectivity index (χ0n) is 17.5. The second-order valence-electron chi connectivity index (χ2n) is 7.57. The van der Waals surface area contributed by atoms with Gasteiger partial charge in [-0.2, -0.15) is 5.10 Å². The summed E-state index contributed by atoms with van der Waals surface area (Å²) in [6, 6.07) is 10.6. The van der Waals surface area contributed by atoms with Gasteiger partial charge in [0.05, 0.1) is 30.4 Å². The van der Waals surface area contributed by atoms with E-state index in [4.69, 9.17) is 0 Å². The van der Waals surface area contributed by atoms with Gasteiger partial charge in [-0.15, -0.1) is 0 Å². The number of aliphatic hydroxyl groups excluding tert-OH is 1. The molecule has 1 aliphatic heterocycles. The summed E-state index contributed by atoms with van der Waals surface area (Å²) in [7, 11) is 0. The quantitative estimate of drug-likeness (QED) is 0.549. The van der Waals surface area contributed by atoms with Gasteiger partial charge in [0, 0.05) is 18.0 Å². The van der Waals surface area contributed by atoms with Crippen LogP contribution < -0.4 is 5.32 Å². The number of aliphatic imine (C=N–C) groups is 1. The van der Waals surface area contributed by atoms with Crippen LogP contribution in [0.1, 0.15) is 21.5 Å². The van der Waals surface area contributed by atoms with Crippen LogP contribution in [-0.2, 0) is 6.54 Å². The highest BCUT2D eigenvalue weighted by atomic mass is 19.1. The molecule has 0 fully saturated rings. The molecule has 1 aromatic heterocycles. The minimum Gasteiger partial charge on any atom is -0.388 e. The molecule has 6 nitrogen and oxygen atoms in total. The highest BCUT2D eigenvalue weighted by Gasteiger charge is 2.26. The zero-order chi connectivity index (χ0) is 23.4. The molecule has 0 radical (unpaired) electrons. The number of hydrogen-bond acceptors (Lipinski definition) is 4. The number of nitrogens with one attached hydrogen (secondary N) is 1. The minimum absolute atomic E-state index is 0.000288. The summed E-state index contributed by atoms with van der Waals surface area (Å²) in [6.45, 7) is -0.790. The third kappa shape index (κ3) is 5.04. The molecule has 4 rings (SSSR count). The standard InChI is InChI=1S/C24H21F3N4O2/c25-12-22(32)21(14-31-10-2-9-29-31)30-24(33)18-3-1-4-19(27)23(18)20-11-16(13-28-20)15-5-7-17(26)8-6-15/h1-11,21-22,32H,12-14H2,(H,30,33)/t21-,22+/m1/s1. The predicted octanol–water partition coefficient (Wildman–Crippen LogP) is 3.18. The number of alkyl halides is 1. The fourth-order valence-corrected chi connectivity index (χ4v) is 3.62. The molecule has 170 valence electrons. The van der Waals surface area contributed by atoms with Gasteiger partial charge in [0.15, 0.2) is 0 Å². The topological polar surface area (TPSA) is 79.5 Å². The van der Waals surface area contributed by atoms with E-state index in [-0.39, 0.29) is 35.7 Å². The molecule has 0 bridgehead atoms. The number of rotatable bonds is 8. The summed E-state index contributed by atoms with van der Waals surface area (Å²) in [5.74, 6) is -1.69. The highest BCUT2D eigenvalue weighted by Crippen LogP contribution is 2.25. The lowest BCUT2D eigenvalue weighted by Crippen LogP contribution is -2.47. The molecule has 2 aromatic carbocycles. The van der Waals surface area contributed by atoms with Gasteiger partial charge < -0.3 is 10.4 Å². The number of carbonyl (C=O) groups excluding carboxylic acids is 1. The Balaban J connectivity index is 1.61. The second-order valence-corrected chi connectivity index (χ2v) is 7.57. The van der Waals surface area contributed by atoms with E-state index in [1.165, 1.54) is 41.2 Å². The van der Waals surface area contributed by atoms with Crippen LogP contribution in [-0.4, -0.2) is 51.9 Å². The van der Waals surface area contributed by atoms with Gasteiger partial charge in [0.1, 0.15) is 24.4 Å². The van der Waals surface area contributed by atoms with Crippen molar-refractivity contribution in [1.29, 1.82) is 0 Å². The molecule has 0 spiro atoms. The van der Waals surface area contributed by atoms with Crippen LogP contribution in [0.15, 0.2) is 72.0 Å². The normalized spacial score (nSPS) is 15.0. The lowest BCUT2D eigenvalue weighted by atomic mass is 9.99. The van der Waals surface area contributed by atoms with E-state index in [0.29, 0.717) is 0 Å². The summed E-state index contributed by atoms with van der Waals surface area (Å²) in [4.78, 5) is 17.4. The van der Waals surface area contributed by atoms with E-state index in [0.717, 1.165) is 11.1 Å². The molecule has 3 aromatic rings. The van der Waals surface area contributed by atoms with Crippen LogP contribution in [0.3, 0.4) is 0 Å². The zero-order valence-corrected chi connectivity index (χ0v) is 17.5. The van der Waals surface area contributed by atoms with Gasteiger partial charge in [-0.1, -0.05) is 18.2 Å². The Morgan fingerprint density at radius 2 is 1.94 bits per heavy atom. The van der Waals surface area contributed by atoms with Crippen molar-refractivity contribution in [1.82, 2.24) is 15.1 Å². The minimum atomic E-state index is -1.47. The molecule has 0 unspecified atom stereocenters. The molecule has 9 heteroatoms. The van der Waals surface area contributed by atoms with E-state index in [9.17, 15) is 23.1 Å². The van der Waals surface area contributed by atoms with E-state index < -0.39 is 30.5 Å². The van der Waals surface area contributed by atoms with Gasteiger partial charge in [-0.05, 0) is 47.5 Å². The Morgan fingerprint density at radius 1 is 1.15 bits per heavy atom. The van der Waals surface area contributed by atoms with Gasteiger partial charge >= 0.3 is 0 Å². The first-order chi connectivity index (χ1) is 16.0. The monoisotopic (exact) mass is 454 g/mol. The van der Waals surface area contributed by atoms with Crippen molar-refractivity contribution in [3.8, 4) is 0 Å². The van der Waals surface area contributed by atoms with Crippen LogP contribution in [0.5, 0.6) is 0 Å². The van der Waals surface area contributed by atoms with Gasteiger partial charge in [0.2, 0.25) is 0 Å². The van der Waals surface area contributed by atoms with Crippen molar-refractivity contribution in [2.45, 2.75) is 18.7 Å². The van der Waals surface area contributed by atoms with Crippen molar-refractivity contribution in [3.05, 3.63) is 95.3 Å². The molecule has 0 saturated heterocycles. The lowest BCUT2D eigenvalue weighted by Gasteiger charge is -2.23. The molecule has 1 amide bonds. The van der Waals surface area contributed by atoms with Crippen molar-refractivity contribution >= 4 is 17.2 Å². The maximum absolute atomic E-state index is 14.8. The SMILES string of the molecule is O=C(N[C@H](Cn1cccn1)[C@@H](O)CF)c1cccc(F)c1C1=NCC(c2ccc(F)cc2)=C1. The van der Waals surface area contributed by atoms with Crippen LogP contribution >= 0.6 is 0 Å². The van der Waals surface area contributed by atoms with Crippen molar-refractivity contribution in [2.75, 3.05) is 13.2 Å². The van der Waals surface area contributed by atoms with Gasteiger partial charge in [-0.25, -0.2) is 13.2 Å². The fraction of sp³-hybridized carbons (Fsp3) is 0.208. The van der Waals surface area contributed by atoms with Crippen LogP contribution in [0.2, 0.25) is 0 Å². The Kier molecular flexibility index (Phi) is 6.69. The number of allylic oxidation sites excluding steroid dienone is 1. The van der Waals surface area contributed by atoms with Crippen LogP contribution in [0.4, 0.5) is 13.2 Å². The Hall–Kier alpha value is -3.72. The molecule has 1 aliphatic rings. The Bertz CT molecular complexity index is 1190. The van der Waals surface area contributed by atoms with Crippen molar-refractivity contribution in [3.63, 3.8) is 0 Å². The molecular weight excluding hydrogens is 433 g/mol. The average Bonchev–Trinajstić information content (AvgIpc) is 3.51. The molecule has 33 heavy (non-hydrogen) atoms. The summed E-state index contributed by atoms with van der Waals surface area (Å²) in [5, 5.41) is 16.7. The molecule has 2 N–H and O–H groups in total. The maximum atomic E-state index is 14.8. The molecule has 0 aliphatic carbocycles. The lowest BCUT2D eigenvalue weighted by molar-refractivity contribution is 0.0718. The second kappa shape index (κ2) is 9.83. The molecular formula is C24H21F3N4O2. The summed E-state index contributed by atoms with van der Waals surface area (Å²) in [5.41, 5.74) is 1.76. The number of benzene rings is 2. The first-order valence-corrected chi connectivity index (χ1v) is 10.3. The molecule has 2 atom stereocenters. The fourth-order valence-electron chi connectivity index (χ4n) is 3.62. The van der Waals surface area contributed by atoms with Crippen molar-refractivity contribution in [2.24, 2.45) is 4.99 Å². The molecule has 2 heterocycles. The number of aromatic nitrogens is 2. The van der Waals surface area contributed by atoms with E-state index in [1.54, 1.807) is 30.5 Å². The maximum Gasteiger partial charge on any atom is 0.252 e. The first kappa shape index (κ1) is 22.5. The Morgan fingerprint density at radius 3 is 2.64 bits per heavy atom. The van der Waals surface area contributed by atoms with Gasteiger partial charge in [0.25, 0.3) is 5.91 Å². The predicted molar refractivity (Wildman–Crippen MR) is 118 cm³/mol. The largest absolute Gasteiger partial charge is 0.388 e. The number of halogens is 3. The third-order valence-corrected chi connectivity index (χ3v) is 5.34. The molecule has 0 saturated carbocycles. The number of carbonyl (C=O) groups is 1. The summed E-state index contributed by atoms with van der Waals surface area (Å²) < 4.78 is 42.7. The smallest absolute Gasteiger partial charge is 0.252 e. The number of aliphatic hydroxyl groups is 1.